The Kier molecular flexibility index (Phi) is 5.11. The minimum atomic E-state index is -4.56. The van der Waals surface area contributed by atoms with Crippen molar-refractivity contribution >= 4 is 46.0 Å². The van der Waals surface area contributed by atoms with Crippen molar-refractivity contribution in [3.63, 3.8) is 0 Å². The highest BCUT2D eigenvalue weighted by molar-refractivity contribution is 6.33. The predicted molar refractivity (Wildman–Crippen MR) is 110 cm³/mol. The molecule has 4 aromatic rings. The summed E-state index contributed by atoms with van der Waals surface area (Å²) in [7, 11) is 0. The Morgan fingerprint density at radius 1 is 1.03 bits per heavy atom. The third-order valence-electron chi connectivity index (χ3n) is 4.31. The van der Waals surface area contributed by atoms with Crippen LogP contribution in [0.3, 0.4) is 0 Å². The van der Waals surface area contributed by atoms with Crippen molar-refractivity contribution in [1.82, 2.24) is 19.5 Å². The number of nitrogens with two attached hydrogens (primary N) is 1. The van der Waals surface area contributed by atoms with Crippen molar-refractivity contribution in [1.29, 1.82) is 0 Å². The van der Waals surface area contributed by atoms with E-state index in [2.05, 4.69) is 25.6 Å². The van der Waals surface area contributed by atoms with E-state index in [1.165, 1.54) is 6.33 Å². The van der Waals surface area contributed by atoms with Crippen LogP contribution in [0.2, 0.25) is 5.02 Å². The highest BCUT2D eigenvalue weighted by atomic mass is 35.5. The molecule has 158 valence electrons. The zero-order valence-corrected chi connectivity index (χ0v) is 16.2. The molecule has 0 spiro atoms. The van der Waals surface area contributed by atoms with Gasteiger partial charge in [-0.2, -0.15) is 13.2 Å². The van der Waals surface area contributed by atoms with E-state index in [1.54, 1.807) is 35.2 Å². The fourth-order valence-electron chi connectivity index (χ4n) is 2.83. The summed E-state index contributed by atoms with van der Waals surface area (Å²) in [4.78, 5) is 24.4. The lowest BCUT2D eigenvalue weighted by molar-refractivity contribution is -0.137. The average molecular weight is 448 g/mol. The van der Waals surface area contributed by atoms with Crippen LogP contribution < -0.4 is 16.4 Å². The lowest BCUT2D eigenvalue weighted by Gasteiger charge is -2.12. The number of anilines is 3. The van der Waals surface area contributed by atoms with Crippen LogP contribution in [-0.4, -0.2) is 25.6 Å². The Hall–Kier alpha value is -3.86. The molecule has 0 fully saturated rings. The fourth-order valence-corrected chi connectivity index (χ4v) is 2.99. The Balaban J connectivity index is 1.49. The second-order valence-corrected chi connectivity index (χ2v) is 6.77. The standard InChI is InChI=1S/C19H13ClF3N7O/c20-13-6-1-10(19(21,22)23)7-14(13)29-18(31)28-11-2-4-12(5-3-11)30-9-27-15-16(24)25-8-26-17(15)30/h1-9H,(H2,24,25,26)(H2,28,29,31). The number of hydrogen-bond donors (Lipinski definition) is 3. The topological polar surface area (TPSA) is 111 Å². The van der Waals surface area contributed by atoms with Gasteiger partial charge in [-0.25, -0.2) is 19.7 Å². The van der Waals surface area contributed by atoms with E-state index in [0.29, 0.717) is 22.5 Å². The summed E-state index contributed by atoms with van der Waals surface area (Å²) in [6, 6.07) is 8.55. The van der Waals surface area contributed by atoms with Crippen molar-refractivity contribution in [2.24, 2.45) is 0 Å². The number of imidazole rings is 1. The van der Waals surface area contributed by atoms with Crippen LogP contribution in [-0.2, 0) is 6.18 Å². The highest BCUT2D eigenvalue weighted by Crippen LogP contribution is 2.33. The summed E-state index contributed by atoms with van der Waals surface area (Å²) in [5.74, 6) is 0.256. The number of nitrogen functional groups attached to an aromatic ring is 1. The smallest absolute Gasteiger partial charge is 0.382 e. The maximum atomic E-state index is 12.9. The zero-order valence-electron chi connectivity index (χ0n) is 15.5. The quantitative estimate of drug-likeness (QED) is 0.421. The highest BCUT2D eigenvalue weighted by Gasteiger charge is 2.31. The van der Waals surface area contributed by atoms with E-state index in [0.717, 1.165) is 18.2 Å². The number of urea groups is 1. The van der Waals surface area contributed by atoms with Crippen molar-refractivity contribution in [2.45, 2.75) is 6.18 Å². The fraction of sp³-hybridized carbons (Fsp3) is 0.0526. The molecule has 0 aliphatic carbocycles. The molecular weight excluding hydrogens is 435 g/mol. The third-order valence-corrected chi connectivity index (χ3v) is 4.64. The molecule has 4 N–H and O–H groups in total. The number of halogens is 4. The van der Waals surface area contributed by atoms with Gasteiger partial charge in [0.05, 0.1) is 16.3 Å². The SMILES string of the molecule is Nc1ncnc2c1ncn2-c1ccc(NC(=O)Nc2cc(C(F)(F)F)ccc2Cl)cc1. The number of hydrogen-bond acceptors (Lipinski definition) is 5. The van der Waals surface area contributed by atoms with Crippen LogP contribution in [0.4, 0.5) is 35.2 Å². The van der Waals surface area contributed by atoms with E-state index < -0.39 is 17.8 Å². The van der Waals surface area contributed by atoms with Crippen molar-refractivity contribution in [2.75, 3.05) is 16.4 Å². The molecule has 8 nitrogen and oxygen atoms in total. The molecule has 4 rings (SSSR count). The third kappa shape index (κ3) is 4.21. The second kappa shape index (κ2) is 7.76. The number of benzene rings is 2. The summed E-state index contributed by atoms with van der Waals surface area (Å²) in [5.41, 5.74) is 6.78. The second-order valence-electron chi connectivity index (χ2n) is 6.36. The first-order valence-corrected chi connectivity index (χ1v) is 9.09. The average Bonchev–Trinajstić information content (AvgIpc) is 3.15. The summed E-state index contributed by atoms with van der Waals surface area (Å²) in [6.07, 6.45) is -1.68. The number of carbonyl (C=O) groups is 1. The molecule has 12 heteroatoms. The summed E-state index contributed by atoms with van der Waals surface area (Å²) in [6.45, 7) is 0. The van der Waals surface area contributed by atoms with Gasteiger partial charge < -0.3 is 16.4 Å². The number of rotatable bonds is 3. The Bertz CT molecular complexity index is 1270. The number of nitrogens with one attached hydrogen (secondary N) is 2. The number of alkyl halides is 3. The number of nitrogens with zero attached hydrogens (tertiary/aromatic N) is 4. The van der Waals surface area contributed by atoms with Gasteiger partial charge >= 0.3 is 12.2 Å². The molecule has 2 heterocycles. The molecule has 0 atom stereocenters. The van der Waals surface area contributed by atoms with Gasteiger partial charge in [-0.15, -0.1) is 0 Å². The van der Waals surface area contributed by atoms with Crippen LogP contribution in [0.25, 0.3) is 16.9 Å². The molecule has 0 saturated carbocycles. The van der Waals surface area contributed by atoms with Gasteiger partial charge in [0.15, 0.2) is 17.0 Å². The lowest BCUT2D eigenvalue weighted by Crippen LogP contribution is -2.20. The molecule has 31 heavy (non-hydrogen) atoms. The number of aromatic nitrogens is 4. The predicted octanol–water partition coefficient (Wildman–Crippen LogP) is 4.71. The Morgan fingerprint density at radius 3 is 2.48 bits per heavy atom. The minimum absolute atomic E-state index is 0.0215. The first-order valence-electron chi connectivity index (χ1n) is 8.71. The molecule has 2 aromatic carbocycles. The maximum Gasteiger partial charge on any atom is 0.416 e. The summed E-state index contributed by atoms with van der Waals surface area (Å²) >= 11 is 5.89. The van der Waals surface area contributed by atoms with Crippen LogP contribution >= 0.6 is 11.6 Å². The van der Waals surface area contributed by atoms with Crippen LogP contribution in [0, 0.1) is 0 Å². The Morgan fingerprint density at radius 2 is 1.77 bits per heavy atom. The molecular formula is C19H13ClF3N7O. The van der Waals surface area contributed by atoms with Gasteiger partial charge in [-0.05, 0) is 42.5 Å². The maximum absolute atomic E-state index is 12.9. The normalized spacial score (nSPS) is 11.5. The molecule has 0 aliphatic heterocycles. The molecule has 0 unspecified atom stereocenters. The monoisotopic (exact) mass is 447 g/mol. The number of fused-ring (bicyclic) bond motifs is 1. The van der Waals surface area contributed by atoms with Gasteiger partial charge in [0.2, 0.25) is 0 Å². The first kappa shape index (κ1) is 20.4. The number of amides is 2. The summed E-state index contributed by atoms with van der Waals surface area (Å²) in [5, 5.41) is 4.83. The number of carbonyl (C=O) groups excluding carboxylic acids is 1. The molecule has 0 radical (unpaired) electrons. The van der Waals surface area contributed by atoms with Gasteiger partial charge in [-0.3, -0.25) is 4.57 Å². The first-order chi connectivity index (χ1) is 14.7. The van der Waals surface area contributed by atoms with E-state index >= 15 is 0 Å². The van der Waals surface area contributed by atoms with E-state index in [-0.39, 0.29) is 16.5 Å². The van der Waals surface area contributed by atoms with Crippen molar-refractivity contribution in [3.05, 3.63) is 65.7 Å². The van der Waals surface area contributed by atoms with Gasteiger partial charge in [0.1, 0.15) is 12.7 Å². The van der Waals surface area contributed by atoms with E-state index in [4.69, 9.17) is 17.3 Å². The zero-order chi connectivity index (χ0) is 22.2. The molecule has 0 bridgehead atoms. The van der Waals surface area contributed by atoms with E-state index in [9.17, 15) is 18.0 Å². The molecule has 2 amide bonds. The minimum Gasteiger partial charge on any atom is -0.382 e. The van der Waals surface area contributed by atoms with Gasteiger partial charge in [0.25, 0.3) is 0 Å². The van der Waals surface area contributed by atoms with Crippen LogP contribution in [0.5, 0.6) is 0 Å². The van der Waals surface area contributed by atoms with E-state index in [1.807, 2.05) is 0 Å². The largest absolute Gasteiger partial charge is 0.416 e. The van der Waals surface area contributed by atoms with Crippen LogP contribution in [0.1, 0.15) is 5.56 Å². The van der Waals surface area contributed by atoms with Gasteiger partial charge in [-0.1, -0.05) is 11.6 Å². The van der Waals surface area contributed by atoms with Crippen molar-refractivity contribution in [3.8, 4) is 5.69 Å². The molecule has 0 aliphatic rings. The van der Waals surface area contributed by atoms with Crippen LogP contribution in [0.15, 0.2) is 55.1 Å². The van der Waals surface area contributed by atoms with Crippen molar-refractivity contribution < 1.29 is 18.0 Å². The molecule has 0 saturated heterocycles. The Labute approximate surface area is 177 Å². The molecule has 2 aromatic heterocycles. The van der Waals surface area contributed by atoms with Gasteiger partial charge in [0, 0.05) is 11.4 Å². The lowest BCUT2D eigenvalue weighted by atomic mass is 10.2. The summed E-state index contributed by atoms with van der Waals surface area (Å²) < 4.78 is 40.3.